The third-order valence-corrected chi connectivity index (χ3v) is 2.33. The van der Waals surface area contributed by atoms with E-state index in [9.17, 15) is 0 Å². The van der Waals surface area contributed by atoms with Crippen molar-refractivity contribution in [2.75, 3.05) is 7.11 Å². The first kappa shape index (κ1) is 12.0. The van der Waals surface area contributed by atoms with Crippen molar-refractivity contribution in [1.29, 1.82) is 0 Å². The van der Waals surface area contributed by atoms with Crippen LogP contribution in [-0.2, 0) is 4.74 Å². The van der Waals surface area contributed by atoms with Gasteiger partial charge in [-0.05, 0) is 24.2 Å². The summed E-state index contributed by atoms with van der Waals surface area (Å²) in [6.45, 7) is 11.3. The molecule has 0 heterocycles. The Morgan fingerprint density at radius 1 is 1.00 bits per heavy atom. The van der Waals surface area contributed by atoms with Crippen LogP contribution in [0, 0.1) is 17.8 Å². The second-order valence-corrected chi connectivity index (χ2v) is 4.55. The van der Waals surface area contributed by atoms with Gasteiger partial charge in [-0.2, -0.15) is 0 Å². The number of rotatable bonds is 5. The van der Waals surface area contributed by atoms with Crippen molar-refractivity contribution in [3.8, 4) is 0 Å². The van der Waals surface area contributed by atoms with Gasteiger partial charge in [0, 0.05) is 7.11 Å². The molecule has 0 aliphatic heterocycles. The van der Waals surface area contributed by atoms with Crippen molar-refractivity contribution in [3.05, 3.63) is 0 Å². The van der Waals surface area contributed by atoms with E-state index in [2.05, 4.69) is 34.6 Å². The summed E-state index contributed by atoms with van der Waals surface area (Å²) < 4.78 is 5.47. The minimum Gasteiger partial charge on any atom is -0.381 e. The van der Waals surface area contributed by atoms with Crippen LogP contribution < -0.4 is 0 Å². The smallest absolute Gasteiger partial charge is 0.0619 e. The Labute approximate surface area is 77.5 Å². The first-order chi connectivity index (χ1) is 5.49. The molecule has 1 unspecified atom stereocenters. The van der Waals surface area contributed by atoms with E-state index in [-0.39, 0.29) is 0 Å². The zero-order valence-corrected chi connectivity index (χ0v) is 9.42. The largest absolute Gasteiger partial charge is 0.381 e. The van der Waals surface area contributed by atoms with Gasteiger partial charge < -0.3 is 4.74 Å². The van der Waals surface area contributed by atoms with Gasteiger partial charge in [-0.3, -0.25) is 0 Å². The van der Waals surface area contributed by atoms with Gasteiger partial charge in [0.25, 0.3) is 0 Å². The van der Waals surface area contributed by atoms with Gasteiger partial charge in [-0.25, -0.2) is 0 Å². The summed E-state index contributed by atoms with van der Waals surface area (Å²) in [6.07, 6.45) is 1.68. The quantitative estimate of drug-likeness (QED) is 0.618. The lowest BCUT2D eigenvalue weighted by Gasteiger charge is -2.27. The van der Waals surface area contributed by atoms with E-state index in [0.717, 1.165) is 5.92 Å². The third kappa shape index (κ3) is 4.10. The third-order valence-electron chi connectivity index (χ3n) is 2.33. The molecule has 0 bridgehead atoms. The molecule has 0 spiro atoms. The van der Waals surface area contributed by atoms with Crippen LogP contribution >= 0.6 is 0 Å². The number of methoxy groups -OCH3 is 1. The minimum absolute atomic E-state index is 0.424. The van der Waals surface area contributed by atoms with Crippen LogP contribution in [0.3, 0.4) is 0 Å². The van der Waals surface area contributed by atoms with Crippen molar-refractivity contribution < 1.29 is 4.74 Å². The Morgan fingerprint density at radius 3 is 1.75 bits per heavy atom. The maximum Gasteiger partial charge on any atom is 0.0619 e. The average Bonchev–Trinajstić information content (AvgIpc) is 1.85. The lowest BCUT2D eigenvalue weighted by molar-refractivity contribution is 0.0164. The normalized spacial score (nSPS) is 17.0. The van der Waals surface area contributed by atoms with E-state index in [4.69, 9.17) is 4.74 Å². The molecule has 0 fully saturated rings. The van der Waals surface area contributed by atoms with Gasteiger partial charge in [0.2, 0.25) is 0 Å². The summed E-state index contributed by atoms with van der Waals surface area (Å²) in [5.74, 6) is 2.08. The predicted molar refractivity (Wildman–Crippen MR) is 54.3 cm³/mol. The second-order valence-electron chi connectivity index (χ2n) is 4.55. The Hall–Kier alpha value is -0.0400. The van der Waals surface area contributed by atoms with Gasteiger partial charge in [-0.1, -0.05) is 34.6 Å². The molecule has 0 saturated heterocycles. The van der Waals surface area contributed by atoms with Crippen LogP contribution in [0.5, 0.6) is 0 Å². The molecule has 0 aromatic carbocycles. The monoisotopic (exact) mass is 172 g/mol. The molecular formula is C11H24O. The lowest BCUT2D eigenvalue weighted by atomic mass is 9.88. The van der Waals surface area contributed by atoms with Crippen LogP contribution in [0.1, 0.15) is 41.0 Å². The van der Waals surface area contributed by atoms with Gasteiger partial charge in [-0.15, -0.1) is 0 Å². The topological polar surface area (TPSA) is 9.23 Å². The van der Waals surface area contributed by atoms with E-state index in [0.29, 0.717) is 17.9 Å². The Balaban J connectivity index is 3.94. The van der Waals surface area contributed by atoms with Gasteiger partial charge >= 0.3 is 0 Å². The zero-order valence-electron chi connectivity index (χ0n) is 9.42. The van der Waals surface area contributed by atoms with E-state index in [1.54, 1.807) is 0 Å². The highest BCUT2D eigenvalue weighted by Crippen LogP contribution is 2.22. The molecular weight excluding hydrogens is 148 g/mol. The van der Waals surface area contributed by atoms with Gasteiger partial charge in [0.15, 0.2) is 0 Å². The molecule has 0 amide bonds. The molecule has 74 valence electrons. The molecule has 1 heteroatoms. The highest BCUT2D eigenvalue weighted by Gasteiger charge is 2.20. The molecule has 0 N–H and O–H groups in total. The highest BCUT2D eigenvalue weighted by atomic mass is 16.5. The summed E-state index contributed by atoms with van der Waals surface area (Å²) in [4.78, 5) is 0. The maximum atomic E-state index is 5.47. The molecule has 12 heavy (non-hydrogen) atoms. The number of ether oxygens (including phenoxy) is 1. The summed E-state index contributed by atoms with van der Waals surface area (Å²) >= 11 is 0. The van der Waals surface area contributed by atoms with Gasteiger partial charge in [0.1, 0.15) is 0 Å². The fourth-order valence-corrected chi connectivity index (χ4v) is 2.04. The Bertz CT molecular complexity index is 108. The molecule has 0 aromatic heterocycles. The summed E-state index contributed by atoms with van der Waals surface area (Å²) in [7, 11) is 1.82. The van der Waals surface area contributed by atoms with Crippen molar-refractivity contribution in [2.45, 2.75) is 47.1 Å². The van der Waals surface area contributed by atoms with Gasteiger partial charge in [0.05, 0.1) is 6.10 Å². The Kier molecular flexibility index (Phi) is 5.56. The molecule has 0 rings (SSSR count). The maximum absolute atomic E-state index is 5.47. The van der Waals surface area contributed by atoms with Crippen molar-refractivity contribution >= 4 is 0 Å². The van der Waals surface area contributed by atoms with Crippen molar-refractivity contribution in [1.82, 2.24) is 0 Å². The lowest BCUT2D eigenvalue weighted by Crippen LogP contribution is -2.27. The molecule has 0 saturated carbocycles. The number of hydrogen-bond donors (Lipinski definition) is 0. The van der Waals surface area contributed by atoms with Crippen LogP contribution in [0.4, 0.5) is 0 Å². The van der Waals surface area contributed by atoms with E-state index < -0.39 is 0 Å². The second kappa shape index (κ2) is 5.58. The van der Waals surface area contributed by atoms with Crippen molar-refractivity contribution in [3.63, 3.8) is 0 Å². The first-order valence-electron chi connectivity index (χ1n) is 5.01. The fourth-order valence-electron chi connectivity index (χ4n) is 2.04. The standard InChI is InChI=1S/C11H24O/c1-8(2)7-10(5)11(12-6)9(3)4/h8-11H,7H2,1-6H3/t10?,11-/m0/s1. The predicted octanol–water partition coefficient (Wildman–Crippen LogP) is 3.34. The van der Waals surface area contributed by atoms with Crippen LogP contribution in [0.25, 0.3) is 0 Å². The van der Waals surface area contributed by atoms with E-state index in [1.807, 2.05) is 7.11 Å². The SMILES string of the molecule is CO[C@@H](C(C)C)C(C)CC(C)C. The Morgan fingerprint density at radius 2 is 1.50 bits per heavy atom. The van der Waals surface area contributed by atoms with Crippen LogP contribution in [0.15, 0.2) is 0 Å². The van der Waals surface area contributed by atoms with E-state index >= 15 is 0 Å². The average molecular weight is 172 g/mol. The molecule has 0 radical (unpaired) electrons. The first-order valence-corrected chi connectivity index (χ1v) is 5.01. The molecule has 0 aliphatic carbocycles. The molecule has 0 aromatic rings. The zero-order chi connectivity index (χ0) is 9.72. The highest BCUT2D eigenvalue weighted by molar-refractivity contribution is 4.70. The molecule has 2 atom stereocenters. The van der Waals surface area contributed by atoms with Crippen molar-refractivity contribution in [2.24, 2.45) is 17.8 Å². The number of hydrogen-bond acceptors (Lipinski definition) is 1. The fraction of sp³-hybridized carbons (Fsp3) is 1.00. The minimum atomic E-state index is 0.424. The summed E-state index contributed by atoms with van der Waals surface area (Å²) in [5.41, 5.74) is 0. The summed E-state index contributed by atoms with van der Waals surface area (Å²) in [5, 5.41) is 0. The summed E-state index contributed by atoms with van der Waals surface area (Å²) in [6, 6.07) is 0. The van der Waals surface area contributed by atoms with E-state index in [1.165, 1.54) is 6.42 Å². The molecule has 1 nitrogen and oxygen atoms in total. The van der Waals surface area contributed by atoms with Crippen LogP contribution in [0.2, 0.25) is 0 Å². The van der Waals surface area contributed by atoms with Crippen LogP contribution in [-0.4, -0.2) is 13.2 Å². The molecule has 0 aliphatic rings.